The van der Waals surface area contributed by atoms with Crippen LogP contribution in [0.4, 0.5) is 0 Å². The number of aromatic amines is 1. The largest absolute Gasteiger partial charge is 0.379 e. The van der Waals surface area contributed by atoms with Crippen molar-refractivity contribution in [2.75, 3.05) is 7.11 Å². The fraction of sp³-hybridized carbons (Fsp3) is 0.364. The number of ether oxygens (including phenoxy) is 1. The van der Waals surface area contributed by atoms with Crippen LogP contribution in [0.1, 0.15) is 10.6 Å². The van der Waals surface area contributed by atoms with Crippen LogP contribution in [0.15, 0.2) is 16.2 Å². The van der Waals surface area contributed by atoms with Crippen LogP contribution in [0.25, 0.3) is 11.1 Å². The van der Waals surface area contributed by atoms with Crippen molar-refractivity contribution in [2.45, 2.75) is 13.5 Å². The van der Waals surface area contributed by atoms with Crippen LogP contribution in [0.2, 0.25) is 0 Å². The van der Waals surface area contributed by atoms with Crippen LogP contribution in [0.5, 0.6) is 0 Å². The number of nitrogens with zero attached hydrogens (tertiary/aromatic N) is 1. The Morgan fingerprint density at radius 2 is 2.31 bits per heavy atom. The Morgan fingerprint density at radius 1 is 1.56 bits per heavy atom. The van der Waals surface area contributed by atoms with Crippen molar-refractivity contribution in [2.24, 2.45) is 7.05 Å². The molecule has 1 N–H and O–H groups in total. The van der Waals surface area contributed by atoms with Crippen LogP contribution in [0.3, 0.4) is 0 Å². The van der Waals surface area contributed by atoms with E-state index >= 15 is 0 Å². The van der Waals surface area contributed by atoms with Gasteiger partial charge < -0.3 is 4.74 Å². The molecule has 2 aromatic rings. The smallest absolute Gasteiger partial charge is 0.274 e. The highest BCUT2D eigenvalue weighted by molar-refractivity contribution is 7.10. The summed E-state index contributed by atoms with van der Waals surface area (Å²) in [7, 11) is 3.39. The third-order valence-electron chi connectivity index (χ3n) is 2.46. The van der Waals surface area contributed by atoms with Crippen molar-refractivity contribution in [3.05, 3.63) is 32.4 Å². The lowest BCUT2D eigenvalue weighted by Crippen LogP contribution is -2.12. The second-order valence-corrected chi connectivity index (χ2v) is 4.71. The number of rotatable bonds is 3. The maximum absolute atomic E-state index is 11.9. The predicted molar refractivity (Wildman–Crippen MR) is 64.8 cm³/mol. The summed E-state index contributed by atoms with van der Waals surface area (Å²) in [6.45, 7) is 2.50. The quantitative estimate of drug-likeness (QED) is 0.887. The molecule has 4 nitrogen and oxygen atoms in total. The van der Waals surface area contributed by atoms with Gasteiger partial charge in [0.1, 0.15) is 0 Å². The molecule has 0 bridgehead atoms. The lowest BCUT2D eigenvalue weighted by Gasteiger charge is -1.92. The topological polar surface area (TPSA) is 47.0 Å². The minimum atomic E-state index is 0.0132. The van der Waals surface area contributed by atoms with E-state index in [0.717, 1.165) is 21.7 Å². The van der Waals surface area contributed by atoms with Crippen molar-refractivity contribution in [3.63, 3.8) is 0 Å². The van der Waals surface area contributed by atoms with Gasteiger partial charge in [0.25, 0.3) is 5.56 Å². The molecule has 0 saturated carbocycles. The summed E-state index contributed by atoms with van der Waals surface area (Å²) in [6, 6.07) is 2.01. The maximum atomic E-state index is 11.9. The van der Waals surface area contributed by atoms with Gasteiger partial charge in [-0.05, 0) is 18.4 Å². The van der Waals surface area contributed by atoms with Gasteiger partial charge in [-0.25, -0.2) is 0 Å². The van der Waals surface area contributed by atoms with Gasteiger partial charge in [0.2, 0.25) is 0 Å². The number of nitrogens with one attached hydrogen (secondary N) is 1. The van der Waals surface area contributed by atoms with Gasteiger partial charge in [0.15, 0.2) is 0 Å². The summed E-state index contributed by atoms with van der Waals surface area (Å²) >= 11 is 1.61. The lowest BCUT2D eigenvalue weighted by molar-refractivity contribution is 0.187. The third-order valence-corrected chi connectivity index (χ3v) is 3.37. The second-order valence-electron chi connectivity index (χ2n) is 3.71. The van der Waals surface area contributed by atoms with Crippen LogP contribution in [0, 0.1) is 6.92 Å². The predicted octanol–water partition coefficient (Wildman–Crippen LogP) is 1.90. The number of H-pyrrole nitrogens is 1. The van der Waals surface area contributed by atoms with Crippen molar-refractivity contribution in [1.29, 1.82) is 0 Å². The van der Waals surface area contributed by atoms with Crippen LogP contribution in [-0.2, 0) is 18.4 Å². The van der Waals surface area contributed by atoms with Gasteiger partial charge in [0.05, 0.1) is 12.2 Å². The number of aromatic nitrogens is 2. The van der Waals surface area contributed by atoms with Gasteiger partial charge >= 0.3 is 0 Å². The Balaban J connectivity index is 2.46. The zero-order valence-electron chi connectivity index (χ0n) is 9.53. The number of thiophene rings is 1. The van der Waals surface area contributed by atoms with Gasteiger partial charge in [-0.3, -0.25) is 14.6 Å². The molecule has 0 saturated heterocycles. The minimum absolute atomic E-state index is 0.0132. The Kier molecular flexibility index (Phi) is 2.98. The molecule has 0 aliphatic heterocycles. The first kappa shape index (κ1) is 11.2. The molecule has 0 atom stereocenters. The Hall–Kier alpha value is -1.33. The molecule has 16 heavy (non-hydrogen) atoms. The van der Waals surface area contributed by atoms with E-state index < -0.39 is 0 Å². The Morgan fingerprint density at radius 3 is 2.88 bits per heavy atom. The molecular weight excluding hydrogens is 224 g/mol. The monoisotopic (exact) mass is 238 g/mol. The van der Waals surface area contributed by atoms with E-state index in [1.165, 1.54) is 4.68 Å². The molecule has 0 radical (unpaired) electrons. The van der Waals surface area contributed by atoms with E-state index in [1.807, 2.05) is 18.4 Å². The zero-order valence-corrected chi connectivity index (χ0v) is 10.4. The SMILES string of the molecule is COCc1cc(-c2c(C)[nH]n(C)c2=O)cs1. The minimum Gasteiger partial charge on any atom is -0.379 e. The Bertz CT molecular complexity index is 551. The fourth-order valence-electron chi connectivity index (χ4n) is 1.76. The first-order valence-electron chi connectivity index (χ1n) is 4.95. The third kappa shape index (κ3) is 1.83. The number of hydrogen-bond acceptors (Lipinski definition) is 3. The summed E-state index contributed by atoms with van der Waals surface area (Å²) in [4.78, 5) is 13.0. The van der Waals surface area contributed by atoms with Gasteiger partial charge in [0, 0.05) is 30.3 Å². The zero-order chi connectivity index (χ0) is 11.7. The highest BCUT2D eigenvalue weighted by atomic mass is 32.1. The van der Waals surface area contributed by atoms with Crippen LogP contribution < -0.4 is 5.56 Å². The molecule has 0 amide bonds. The van der Waals surface area contributed by atoms with Gasteiger partial charge in [-0.2, -0.15) is 0 Å². The molecule has 0 spiro atoms. The normalized spacial score (nSPS) is 10.9. The van der Waals surface area contributed by atoms with Crippen LogP contribution >= 0.6 is 11.3 Å². The summed E-state index contributed by atoms with van der Waals surface area (Å²) in [5.41, 5.74) is 2.63. The van der Waals surface area contributed by atoms with Crippen molar-refractivity contribution < 1.29 is 4.74 Å². The van der Waals surface area contributed by atoms with Crippen molar-refractivity contribution >= 4 is 11.3 Å². The summed E-state index contributed by atoms with van der Waals surface area (Å²) in [5.74, 6) is 0. The molecule has 5 heteroatoms. The van der Waals surface area contributed by atoms with Crippen LogP contribution in [-0.4, -0.2) is 16.9 Å². The van der Waals surface area contributed by atoms with Gasteiger partial charge in [-0.1, -0.05) is 0 Å². The molecule has 86 valence electrons. The fourth-order valence-corrected chi connectivity index (χ4v) is 2.60. The summed E-state index contributed by atoms with van der Waals surface area (Å²) < 4.78 is 6.56. The number of methoxy groups -OCH3 is 1. The first-order valence-corrected chi connectivity index (χ1v) is 5.83. The van der Waals surface area contributed by atoms with E-state index in [2.05, 4.69) is 5.10 Å². The summed E-state index contributed by atoms with van der Waals surface area (Å²) in [5, 5.41) is 4.99. The standard InChI is InChI=1S/C11H14N2O2S/c1-7-10(11(14)13(2)12-7)8-4-9(5-15-3)16-6-8/h4,6,12H,5H2,1-3H3. The molecule has 2 aromatic heterocycles. The van der Waals surface area contributed by atoms with Crippen molar-refractivity contribution in [1.82, 2.24) is 9.78 Å². The highest BCUT2D eigenvalue weighted by Gasteiger charge is 2.12. The molecule has 2 rings (SSSR count). The van der Waals surface area contributed by atoms with Gasteiger partial charge in [-0.15, -0.1) is 11.3 Å². The first-order chi connectivity index (χ1) is 7.63. The molecule has 0 aliphatic rings. The van der Waals surface area contributed by atoms with E-state index in [-0.39, 0.29) is 5.56 Å². The van der Waals surface area contributed by atoms with E-state index in [1.54, 1.807) is 25.5 Å². The average molecular weight is 238 g/mol. The second kappa shape index (κ2) is 4.27. The number of aryl methyl sites for hydroxylation is 2. The average Bonchev–Trinajstić information content (AvgIpc) is 2.75. The van der Waals surface area contributed by atoms with E-state index in [0.29, 0.717) is 6.61 Å². The van der Waals surface area contributed by atoms with E-state index in [9.17, 15) is 4.79 Å². The number of hydrogen-bond donors (Lipinski definition) is 1. The Labute approximate surface area is 97.5 Å². The lowest BCUT2D eigenvalue weighted by atomic mass is 10.1. The molecule has 0 aromatic carbocycles. The van der Waals surface area contributed by atoms with Crippen molar-refractivity contribution in [3.8, 4) is 11.1 Å². The maximum Gasteiger partial charge on any atom is 0.274 e. The molecule has 0 aliphatic carbocycles. The summed E-state index contributed by atoms with van der Waals surface area (Å²) in [6.07, 6.45) is 0. The molecule has 0 fully saturated rings. The highest BCUT2D eigenvalue weighted by Crippen LogP contribution is 2.25. The molecular formula is C11H14N2O2S. The molecule has 0 unspecified atom stereocenters. The van der Waals surface area contributed by atoms with E-state index in [4.69, 9.17) is 4.74 Å². The molecule has 2 heterocycles.